The molecular weight excluding hydrogens is 396 g/mol. The van der Waals surface area contributed by atoms with Crippen molar-refractivity contribution in [2.75, 3.05) is 13.7 Å². The van der Waals surface area contributed by atoms with E-state index in [2.05, 4.69) is 75.8 Å². The zero-order valence-corrected chi connectivity index (χ0v) is 18.9. The summed E-state index contributed by atoms with van der Waals surface area (Å²) >= 11 is 1.71. The van der Waals surface area contributed by atoms with E-state index in [1.54, 1.807) is 24.8 Å². The second-order valence-corrected chi connectivity index (χ2v) is 8.11. The molecule has 0 aliphatic heterocycles. The van der Waals surface area contributed by atoms with Crippen molar-refractivity contribution in [1.82, 2.24) is 25.4 Å². The molecular formula is C22H30N6OS. The van der Waals surface area contributed by atoms with Crippen LogP contribution < -0.4 is 15.4 Å². The highest BCUT2D eigenvalue weighted by atomic mass is 32.1. The van der Waals surface area contributed by atoms with E-state index in [-0.39, 0.29) is 6.04 Å². The maximum absolute atomic E-state index is 5.56. The summed E-state index contributed by atoms with van der Waals surface area (Å²) in [6.07, 6.45) is 2.64. The minimum atomic E-state index is 0.0375. The Balaban J connectivity index is 1.70. The molecule has 2 aromatic heterocycles. The van der Waals surface area contributed by atoms with Gasteiger partial charge in [0.1, 0.15) is 17.9 Å². The molecule has 8 heteroatoms. The molecule has 3 aromatic rings. The van der Waals surface area contributed by atoms with Gasteiger partial charge in [-0.05, 0) is 31.4 Å². The van der Waals surface area contributed by atoms with E-state index in [1.165, 1.54) is 10.4 Å². The lowest BCUT2D eigenvalue weighted by molar-refractivity contribution is 0.405. The second-order valence-electron chi connectivity index (χ2n) is 7.08. The lowest BCUT2D eigenvalue weighted by Gasteiger charge is -2.21. The van der Waals surface area contributed by atoms with Gasteiger partial charge in [0.25, 0.3) is 0 Å². The lowest BCUT2D eigenvalue weighted by atomic mass is 10.0. The summed E-state index contributed by atoms with van der Waals surface area (Å²) in [6, 6.07) is 10.4. The highest BCUT2D eigenvalue weighted by Gasteiger charge is 2.14. The first-order valence-corrected chi connectivity index (χ1v) is 11.1. The molecule has 0 aliphatic carbocycles. The monoisotopic (exact) mass is 426 g/mol. The van der Waals surface area contributed by atoms with E-state index in [9.17, 15) is 0 Å². The highest BCUT2D eigenvalue weighted by Crippen LogP contribution is 2.26. The van der Waals surface area contributed by atoms with Gasteiger partial charge < -0.3 is 19.9 Å². The third-order valence-electron chi connectivity index (χ3n) is 4.84. The molecule has 0 amide bonds. The zero-order chi connectivity index (χ0) is 21.3. The first kappa shape index (κ1) is 21.8. The number of nitrogens with one attached hydrogen (secondary N) is 2. The van der Waals surface area contributed by atoms with E-state index >= 15 is 0 Å². The Bertz CT molecular complexity index is 950. The SMILES string of the molecule is CCc1nncn1CCNC(=NCc1cccs1)NC(C)c1cc(C)ccc1OC. The molecule has 2 N–H and O–H groups in total. The molecule has 0 bridgehead atoms. The number of hydrogen-bond donors (Lipinski definition) is 2. The number of benzene rings is 1. The van der Waals surface area contributed by atoms with Crippen molar-refractivity contribution < 1.29 is 4.74 Å². The lowest BCUT2D eigenvalue weighted by Crippen LogP contribution is -2.40. The summed E-state index contributed by atoms with van der Waals surface area (Å²) in [4.78, 5) is 6.02. The number of rotatable bonds is 9. The smallest absolute Gasteiger partial charge is 0.192 e. The van der Waals surface area contributed by atoms with Gasteiger partial charge in [0, 0.05) is 30.0 Å². The van der Waals surface area contributed by atoms with Crippen LogP contribution in [0.25, 0.3) is 0 Å². The van der Waals surface area contributed by atoms with E-state index < -0.39 is 0 Å². The van der Waals surface area contributed by atoms with E-state index in [0.29, 0.717) is 6.54 Å². The number of guanidine groups is 1. The number of aryl methyl sites for hydroxylation is 2. The van der Waals surface area contributed by atoms with Crippen molar-refractivity contribution in [3.8, 4) is 5.75 Å². The molecule has 1 unspecified atom stereocenters. The maximum Gasteiger partial charge on any atom is 0.192 e. The minimum absolute atomic E-state index is 0.0375. The van der Waals surface area contributed by atoms with Crippen LogP contribution in [0.15, 0.2) is 47.0 Å². The molecule has 0 spiro atoms. The van der Waals surface area contributed by atoms with Crippen molar-refractivity contribution in [2.24, 2.45) is 4.99 Å². The number of aromatic nitrogens is 3. The van der Waals surface area contributed by atoms with Crippen molar-refractivity contribution in [1.29, 1.82) is 0 Å². The van der Waals surface area contributed by atoms with Crippen LogP contribution in [0.2, 0.25) is 0 Å². The summed E-state index contributed by atoms with van der Waals surface area (Å²) in [7, 11) is 1.70. The molecule has 7 nitrogen and oxygen atoms in total. The predicted molar refractivity (Wildman–Crippen MR) is 122 cm³/mol. The maximum atomic E-state index is 5.56. The first-order chi connectivity index (χ1) is 14.6. The van der Waals surface area contributed by atoms with Gasteiger partial charge in [-0.15, -0.1) is 21.5 Å². The van der Waals surface area contributed by atoms with Crippen LogP contribution in [0.5, 0.6) is 5.75 Å². The molecule has 0 fully saturated rings. The van der Waals surface area contributed by atoms with Crippen molar-refractivity contribution in [2.45, 2.75) is 46.3 Å². The third kappa shape index (κ3) is 5.82. The quantitative estimate of drug-likeness (QED) is 0.403. The average Bonchev–Trinajstić information content (AvgIpc) is 3.43. The standard InChI is InChI=1S/C22H30N6OS/c1-5-21-27-25-15-28(21)11-10-23-22(24-14-18-7-6-12-30-18)26-17(3)19-13-16(2)8-9-20(19)29-4/h6-9,12-13,15,17H,5,10-11,14H2,1-4H3,(H2,23,24,26). The average molecular weight is 427 g/mol. The first-order valence-electron chi connectivity index (χ1n) is 10.2. The Kier molecular flexibility index (Phi) is 7.84. The van der Waals surface area contributed by atoms with Crippen LogP contribution in [0.4, 0.5) is 0 Å². The second kappa shape index (κ2) is 10.8. The van der Waals surface area contributed by atoms with E-state index in [1.807, 2.05) is 6.07 Å². The van der Waals surface area contributed by atoms with Crippen LogP contribution in [0, 0.1) is 6.92 Å². The van der Waals surface area contributed by atoms with Gasteiger partial charge >= 0.3 is 0 Å². The molecule has 30 heavy (non-hydrogen) atoms. The molecule has 1 aromatic carbocycles. The summed E-state index contributed by atoms with van der Waals surface area (Å²) in [5.74, 6) is 2.63. The largest absolute Gasteiger partial charge is 0.496 e. The number of thiophene rings is 1. The molecule has 2 heterocycles. The summed E-state index contributed by atoms with van der Waals surface area (Å²) in [5.41, 5.74) is 2.30. The van der Waals surface area contributed by atoms with Crippen LogP contribution in [-0.4, -0.2) is 34.4 Å². The molecule has 0 radical (unpaired) electrons. The summed E-state index contributed by atoms with van der Waals surface area (Å²) < 4.78 is 7.63. The number of nitrogens with zero attached hydrogens (tertiary/aromatic N) is 4. The Morgan fingerprint density at radius 1 is 1.33 bits per heavy atom. The van der Waals surface area contributed by atoms with Gasteiger partial charge in [-0.25, -0.2) is 4.99 Å². The fraction of sp³-hybridized carbons (Fsp3) is 0.409. The van der Waals surface area contributed by atoms with Gasteiger partial charge in [0.2, 0.25) is 0 Å². The van der Waals surface area contributed by atoms with Crippen molar-refractivity contribution in [3.05, 3.63) is 63.9 Å². The third-order valence-corrected chi connectivity index (χ3v) is 5.70. The van der Waals surface area contributed by atoms with Crippen LogP contribution in [-0.2, 0) is 19.5 Å². The number of aliphatic imine (C=N–C) groups is 1. The Morgan fingerprint density at radius 3 is 2.93 bits per heavy atom. The highest BCUT2D eigenvalue weighted by molar-refractivity contribution is 7.09. The summed E-state index contributed by atoms with van der Waals surface area (Å²) in [6.45, 7) is 8.42. The van der Waals surface area contributed by atoms with Crippen molar-refractivity contribution >= 4 is 17.3 Å². The molecule has 0 aliphatic rings. The Morgan fingerprint density at radius 2 is 2.20 bits per heavy atom. The fourth-order valence-electron chi connectivity index (χ4n) is 3.22. The van der Waals surface area contributed by atoms with Crippen molar-refractivity contribution in [3.63, 3.8) is 0 Å². The molecule has 0 saturated heterocycles. The Labute approximate surface area is 182 Å². The zero-order valence-electron chi connectivity index (χ0n) is 18.1. The van der Waals surface area contributed by atoms with E-state index in [0.717, 1.165) is 42.6 Å². The normalized spacial score (nSPS) is 12.6. The molecule has 3 rings (SSSR count). The van der Waals surface area contributed by atoms with Crippen LogP contribution in [0.3, 0.4) is 0 Å². The predicted octanol–water partition coefficient (Wildman–Crippen LogP) is 3.72. The van der Waals surface area contributed by atoms with Gasteiger partial charge in [-0.3, -0.25) is 0 Å². The topological polar surface area (TPSA) is 76.4 Å². The van der Waals surface area contributed by atoms with Gasteiger partial charge in [0.15, 0.2) is 5.96 Å². The fourth-order valence-corrected chi connectivity index (χ4v) is 3.85. The minimum Gasteiger partial charge on any atom is -0.496 e. The molecule has 0 saturated carbocycles. The number of methoxy groups -OCH3 is 1. The summed E-state index contributed by atoms with van der Waals surface area (Å²) in [5, 5.41) is 17.2. The number of hydrogen-bond acceptors (Lipinski definition) is 5. The van der Waals surface area contributed by atoms with Gasteiger partial charge in [-0.1, -0.05) is 30.7 Å². The Hall–Kier alpha value is -2.87. The van der Waals surface area contributed by atoms with Crippen LogP contribution in [0.1, 0.15) is 41.7 Å². The molecule has 160 valence electrons. The van der Waals surface area contributed by atoms with Crippen LogP contribution >= 0.6 is 11.3 Å². The number of ether oxygens (including phenoxy) is 1. The molecule has 1 atom stereocenters. The van der Waals surface area contributed by atoms with Gasteiger partial charge in [0.05, 0.1) is 19.7 Å². The van der Waals surface area contributed by atoms with Gasteiger partial charge in [-0.2, -0.15) is 0 Å². The van der Waals surface area contributed by atoms with E-state index in [4.69, 9.17) is 9.73 Å².